The van der Waals surface area contributed by atoms with Gasteiger partial charge < -0.3 is 0 Å². The Morgan fingerprint density at radius 3 is 2.00 bits per heavy atom. The van der Waals surface area contributed by atoms with Crippen molar-refractivity contribution in [1.29, 1.82) is 0 Å². The number of fused-ring (bicyclic) bond motifs is 1. The highest BCUT2D eigenvalue weighted by Gasteiger charge is 2.66. The first-order valence-electron chi connectivity index (χ1n) is 9.52. The van der Waals surface area contributed by atoms with Gasteiger partial charge >= 0.3 is 0 Å². The topological polar surface area (TPSA) is 85.3 Å². The SMILES string of the molecule is C=C1C[C@@]2(S(=O)(=O)c3ccccc3)C(=O)CCC[C@H]2[C@@H]1S(=O)(=O)c1ccccc1. The van der Waals surface area contributed by atoms with Gasteiger partial charge in [-0.1, -0.05) is 48.6 Å². The Bertz CT molecular complexity index is 1170. The highest BCUT2D eigenvalue weighted by atomic mass is 32.2. The molecule has 29 heavy (non-hydrogen) atoms. The molecular weight excluding hydrogens is 408 g/mol. The second-order valence-electron chi connectivity index (χ2n) is 7.74. The van der Waals surface area contributed by atoms with E-state index in [9.17, 15) is 21.6 Å². The van der Waals surface area contributed by atoms with Gasteiger partial charge in [-0.25, -0.2) is 16.8 Å². The number of ketones is 1. The molecule has 3 atom stereocenters. The van der Waals surface area contributed by atoms with E-state index >= 15 is 0 Å². The van der Waals surface area contributed by atoms with Crippen LogP contribution in [0.25, 0.3) is 0 Å². The van der Waals surface area contributed by atoms with Crippen molar-refractivity contribution < 1.29 is 21.6 Å². The summed E-state index contributed by atoms with van der Waals surface area (Å²) in [5.41, 5.74) is 0.300. The molecule has 0 aromatic heterocycles. The largest absolute Gasteiger partial charge is 0.298 e. The Balaban J connectivity index is 1.91. The van der Waals surface area contributed by atoms with Crippen LogP contribution in [0.5, 0.6) is 0 Å². The van der Waals surface area contributed by atoms with Crippen molar-refractivity contribution >= 4 is 25.5 Å². The van der Waals surface area contributed by atoms with E-state index in [4.69, 9.17) is 0 Å². The third kappa shape index (κ3) is 2.82. The molecule has 2 aromatic rings. The third-order valence-corrected chi connectivity index (χ3v) is 11.0. The Morgan fingerprint density at radius 1 is 0.862 bits per heavy atom. The van der Waals surface area contributed by atoms with Crippen LogP contribution < -0.4 is 0 Å². The summed E-state index contributed by atoms with van der Waals surface area (Å²) in [6.07, 6.45) is 0.815. The second kappa shape index (κ2) is 6.92. The lowest BCUT2D eigenvalue weighted by molar-refractivity contribution is -0.124. The van der Waals surface area contributed by atoms with Gasteiger partial charge in [0.25, 0.3) is 0 Å². The number of sulfone groups is 2. The summed E-state index contributed by atoms with van der Waals surface area (Å²) in [7, 11) is -7.97. The molecule has 0 unspecified atom stereocenters. The summed E-state index contributed by atoms with van der Waals surface area (Å²) < 4.78 is 52.5. The molecule has 2 saturated carbocycles. The molecule has 0 saturated heterocycles. The zero-order valence-electron chi connectivity index (χ0n) is 15.8. The average Bonchev–Trinajstić information content (AvgIpc) is 3.05. The quantitative estimate of drug-likeness (QED) is 0.694. The minimum atomic E-state index is -4.09. The van der Waals surface area contributed by atoms with Crippen LogP contribution in [0.4, 0.5) is 0 Å². The van der Waals surface area contributed by atoms with E-state index < -0.39 is 41.4 Å². The minimum Gasteiger partial charge on any atom is -0.298 e. The standard InChI is InChI=1S/C22H22O5S2/c1-16-15-22(29(26,27)18-11-6-3-7-12-18)19(13-8-14-20(22)23)21(16)28(24,25)17-9-4-2-5-10-17/h2-7,9-12,19,21H,1,8,13-15H2/t19-,21+,22-/m0/s1. The predicted molar refractivity (Wildman–Crippen MR) is 110 cm³/mol. The molecule has 0 amide bonds. The zero-order chi connectivity index (χ0) is 20.9. The lowest BCUT2D eigenvalue weighted by atomic mass is 9.79. The molecule has 0 radical (unpaired) electrons. The Labute approximate surface area is 171 Å². The van der Waals surface area contributed by atoms with E-state index in [0.29, 0.717) is 18.4 Å². The third-order valence-electron chi connectivity index (χ3n) is 6.19. The number of hydrogen-bond acceptors (Lipinski definition) is 5. The van der Waals surface area contributed by atoms with Gasteiger partial charge in [0.15, 0.2) is 25.5 Å². The van der Waals surface area contributed by atoms with Gasteiger partial charge in [0, 0.05) is 12.3 Å². The molecule has 0 spiro atoms. The highest BCUT2D eigenvalue weighted by molar-refractivity contribution is 7.94. The molecule has 0 bridgehead atoms. The van der Waals surface area contributed by atoms with E-state index in [2.05, 4.69) is 6.58 Å². The van der Waals surface area contributed by atoms with Gasteiger partial charge in [-0.15, -0.1) is 0 Å². The van der Waals surface area contributed by atoms with Crippen LogP contribution in [0.15, 0.2) is 82.6 Å². The maximum atomic E-state index is 13.7. The van der Waals surface area contributed by atoms with E-state index in [-0.39, 0.29) is 22.6 Å². The lowest BCUT2D eigenvalue weighted by Gasteiger charge is -2.38. The van der Waals surface area contributed by atoms with E-state index in [0.717, 1.165) is 0 Å². The van der Waals surface area contributed by atoms with Crippen molar-refractivity contribution in [2.24, 2.45) is 5.92 Å². The van der Waals surface area contributed by atoms with Crippen LogP contribution in [0.1, 0.15) is 25.7 Å². The smallest absolute Gasteiger partial charge is 0.191 e. The maximum absolute atomic E-state index is 13.7. The minimum absolute atomic E-state index is 0.0470. The van der Waals surface area contributed by atoms with Crippen LogP contribution in [-0.2, 0) is 24.5 Å². The Hall–Kier alpha value is -2.25. The molecule has 2 aliphatic rings. The number of carbonyl (C=O) groups excluding carboxylic acids is 1. The first-order valence-corrected chi connectivity index (χ1v) is 12.6. The van der Waals surface area contributed by atoms with Crippen molar-refractivity contribution in [2.75, 3.05) is 0 Å². The van der Waals surface area contributed by atoms with Gasteiger partial charge in [0.1, 0.15) is 4.75 Å². The summed E-state index contributed by atoms with van der Waals surface area (Å²) >= 11 is 0. The van der Waals surface area contributed by atoms with Gasteiger partial charge in [-0.2, -0.15) is 0 Å². The van der Waals surface area contributed by atoms with Crippen molar-refractivity contribution in [2.45, 2.75) is 45.5 Å². The molecule has 152 valence electrons. The van der Waals surface area contributed by atoms with Crippen molar-refractivity contribution in [1.82, 2.24) is 0 Å². The van der Waals surface area contributed by atoms with Crippen molar-refractivity contribution in [3.63, 3.8) is 0 Å². The highest BCUT2D eigenvalue weighted by Crippen LogP contribution is 2.55. The number of hydrogen-bond donors (Lipinski definition) is 0. The van der Waals surface area contributed by atoms with Crippen molar-refractivity contribution in [3.05, 3.63) is 72.8 Å². The number of carbonyl (C=O) groups is 1. The molecule has 0 heterocycles. The fourth-order valence-electron chi connectivity index (χ4n) is 4.93. The average molecular weight is 431 g/mol. The zero-order valence-corrected chi connectivity index (χ0v) is 17.5. The van der Waals surface area contributed by atoms with Crippen molar-refractivity contribution in [3.8, 4) is 0 Å². The summed E-state index contributed by atoms with van der Waals surface area (Å²) in [6.45, 7) is 3.94. The van der Waals surface area contributed by atoms with E-state index in [1.54, 1.807) is 36.4 Å². The molecule has 2 fully saturated rings. The summed E-state index contributed by atoms with van der Waals surface area (Å²) in [5.74, 6) is -1.24. The van der Waals surface area contributed by atoms with Gasteiger partial charge in [0.2, 0.25) is 0 Å². The Kier molecular flexibility index (Phi) is 4.78. The maximum Gasteiger partial charge on any atom is 0.191 e. The van der Waals surface area contributed by atoms with Crippen LogP contribution in [0.3, 0.4) is 0 Å². The van der Waals surface area contributed by atoms with Crippen LogP contribution in [0, 0.1) is 5.92 Å². The lowest BCUT2D eigenvalue weighted by Crippen LogP contribution is -2.54. The normalized spacial score (nSPS) is 27.6. The summed E-state index contributed by atoms with van der Waals surface area (Å²) in [4.78, 5) is 13.3. The van der Waals surface area contributed by atoms with E-state index in [1.807, 2.05) is 0 Å². The van der Waals surface area contributed by atoms with Crippen LogP contribution >= 0.6 is 0 Å². The van der Waals surface area contributed by atoms with Crippen LogP contribution in [0.2, 0.25) is 0 Å². The molecule has 4 rings (SSSR count). The van der Waals surface area contributed by atoms with Crippen LogP contribution in [-0.4, -0.2) is 32.6 Å². The molecule has 0 N–H and O–H groups in total. The van der Waals surface area contributed by atoms with Gasteiger partial charge in [-0.05, 0) is 43.5 Å². The molecule has 2 aromatic carbocycles. The van der Waals surface area contributed by atoms with Gasteiger partial charge in [0.05, 0.1) is 15.0 Å². The predicted octanol–water partition coefficient (Wildman–Crippen LogP) is 3.37. The summed E-state index contributed by atoms with van der Waals surface area (Å²) in [6, 6.07) is 15.8. The monoisotopic (exact) mass is 430 g/mol. The first-order chi connectivity index (χ1) is 13.7. The first kappa shape index (κ1) is 20.0. The Morgan fingerprint density at radius 2 is 1.41 bits per heavy atom. The molecule has 5 nitrogen and oxygen atoms in total. The molecule has 0 aliphatic heterocycles. The second-order valence-corrected chi connectivity index (χ2v) is 12.0. The summed E-state index contributed by atoms with van der Waals surface area (Å²) in [5, 5.41) is -1.09. The molecular formula is C22H22O5S2. The number of Topliss-reactive ketones (excluding diaryl/α,β-unsaturated/α-hetero) is 1. The van der Waals surface area contributed by atoms with Gasteiger partial charge in [-0.3, -0.25) is 4.79 Å². The fourth-order valence-corrected chi connectivity index (χ4v) is 9.53. The number of benzene rings is 2. The fraction of sp³-hybridized carbons (Fsp3) is 0.318. The van der Waals surface area contributed by atoms with E-state index in [1.165, 1.54) is 24.3 Å². The number of rotatable bonds is 4. The molecule has 2 aliphatic carbocycles. The molecule has 7 heteroatoms.